The van der Waals surface area contributed by atoms with Crippen molar-refractivity contribution in [1.29, 1.82) is 0 Å². The van der Waals surface area contributed by atoms with Gasteiger partial charge in [-0.15, -0.1) is 0 Å². The Morgan fingerprint density at radius 3 is 2.32 bits per heavy atom. The zero-order chi connectivity index (χ0) is 16.9. The van der Waals surface area contributed by atoms with Crippen molar-refractivity contribution in [3.8, 4) is 0 Å². The van der Waals surface area contributed by atoms with Gasteiger partial charge < -0.3 is 15.3 Å². The van der Waals surface area contributed by atoms with Crippen LogP contribution in [0.25, 0.3) is 0 Å². The van der Waals surface area contributed by atoms with E-state index in [4.69, 9.17) is 23.2 Å². The van der Waals surface area contributed by atoms with Crippen LogP contribution in [0.5, 0.6) is 0 Å². The maximum absolute atomic E-state index is 11.5. The van der Waals surface area contributed by atoms with E-state index in [1.54, 1.807) is 6.07 Å². The molecule has 0 bridgehead atoms. The fourth-order valence-corrected chi connectivity index (χ4v) is 3.02. The van der Waals surface area contributed by atoms with E-state index in [0.29, 0.717) is 36.0 Å². The first kappa shape index (κ1) is 19.1. The van der Waals surface area contributed by atoms with Crippen LogP contribution < -0.4 is 10.2 Å². The van der Waals surface area contributed by atoms with Crippen LogP contribution in [-0.2, 0) is 11.3 Å². The van der Waals surface area contributed by atoms with Gasteiger partial charge in [0.15, 0.2) is 0 Å². The highest BCUT2D eigenvalue weighted by Crippen LogP contribution is 2.31. The molecule has 0 radical (unpaired) electrons. The van der Waals surface area contributed by atoms with Crippen LogP contribution in [0.4, 0.5) is 5.69 Å². The van der Waals surface area contributed by atoms with Crippen molar-refractivity contribution in [1.82, 2.24) is 5.32 Å². The third-order valence-electron chi connectivity index (χ3n) is 4.19. The van der Waals surface area contributed by atoms with Crippen molar-refractivity contribution in [2.45, 2.75) is 33.2 Å². The summed E-state index contributed by atoms with van der Waals surface area (Å²) >= 11 is 12.3. The summed E-state index contributed by atoms with van der Waals surface area (Å²) in [4.78, 5) is 13.5. The molecule has 4 nitrogen and oxygen atoms in total. The lowest BCUT2D eigenvalue weighted by Gasteiger charge is -2.27. The average Bonchev–Trinajstić information content (AvgIpc) is 2.44. The van der Waals surface area contributed by atoms with Gasteiger partial charge in [0, 0.05) is 48.5 Å². The molecular weight excluding hydrogens is 323 g/mol. The summed E-state index contributed by atoms with van der Waals surface area (Å²) in [5, 5.41) is 13.9. The third-order valence-corrected chi connectivity index (χ3v) is 4.75. The number of nitrogens with one attached hydrogen (secondary N) is 1. The van der Waals surface area contributed by atoms with Crippen LogP contribution in [0.15, 0.2) is 12.1 Å². The number of carboxylic acid groups (broad SMARTS) is 1. The molecule has 22 heavy (non-hydrogen) atoms. The minimum Gasteiger partial charge on any atom is -0.481 e. The molecule has 0 aromatic heterocycles. The number of halogens is 2. The van der Waals surface area contributed by atoms with E-state index in [-0.39, 0.29) is 0 Å². The van der Waals surface area contributed by atoms with Crippen LogP contribution in [-0.4, -0.2) is 31.7 Å². The van der Waals surface area contributed by atoms with E-state index in [0.717, 1.165) is 11.3 Å². The number of carboxylic acids is 1. The zero-order valence-corrected chi connectivity index (χ0v) is 15.1. The van der Waals surface area contributed by atoms with E-state index in [2.05, 4.69) is 5.32 Å². The summed E-state index contributed by atoms with van der Waals surface area (Å²) < 4.78 is 0. The highest BCUT2D eigenvalue weighted by Gasteiger charge is 2.34. The number of anilines is 1. The zero-order valence-electron chi connectivity index (χ0n) is 13.5. The van der Waals surface area contributed by atoms with Gasteiger partial charge in [-0.25, -0.2) is 0 Å². The van der Waals surface area contributed by atoms with Gasteiger partial charge in [0.25, 0.3) is 0 Å². The maximum atomic E-state index is 11.5. The Labute approximate surface area is 142 Å². The van der Waals surface area contributed by atoms with E-state index in [9.17, 15) is 9.90 Å². The summed E-state index contributed by atoms with van der Waals surface area (Å²) in [5.74, 6) is -0.764. The first-order valence-corrected chi connectivity index (χ1v) is 8.12. The van der Waals surface area contributed by atoms with E-state index in [1.165, 1.54) is 0 Å². The Balaban J connectivity index is 2.91. The molecule has 1 aromatic carbocycles. The van der Waals surface area contributed by atoms with Crippen molar-refractivity contribution < 1.29 is 9.90 Å². The molecule has 0 aliphatic rings. The Morgan fingerprint density at radius 1 is 1.27 bits per heavy atom. The third kappa shape index (κ3) is 4.28. The highest BCUT2D eigenvalue weighted by atomic mass is 35.5. The van der Waals surface area contributed by atoms with Crippen LogP contribution in [0.2, 0.25) is 10.0 Å². The molecule has 0 amide bonds. The predicted molar refractivity (Wildman–Crippen MR) is 93.1 cm³/mol. The molecule has 124 valence electrons. The molecule has 0 fully saturated rings. The van der Waals surface area contributed by atoms with E-state index in [1.807, 2.05) is 38.9 Å². The Morgan fingerprint density at radius 2 is 1.86 bits per heavy atom. The first-order valence-electron chi connectivity index (χ1n) is 7.36. The fourth-order valence-electron chi connectivity index (χ4n) is 2.47. The smallest absolute Gasteiger partial charge is 0.310 e. The lowest BCUT2D eigenvalue weighted by atomic mass is 9.82. The lowest BCUT2D eigenvalue weighted by Crippen LogP contribution is -2.40. The predicted octanol–water partition coefficient (Wildman–Crippen LogP) is 4.04. The number of nitrogens with zero attached hydrogens (tertiary/aromatic N) is 1. The monoisotopic (exact) mass is 346 g/mol. The van der Waals surface area contributed by atoms with Crippen LogP contribution >= 0.6 is 23.2 Å². The molecule has 6 heteroatoms. The normalized spacial score (nSPS) is 11.5. The van der Waals surface area contributed by atoms with Gasteiger partial charge in [-0.3, -0.25) is 4.79 Å². The molecule has 0 aliphatic carbocycles. The highest BCUT2D eigenvalue weighted by molar-refractivity contribution is 6.35. The standard InChI is InChI=1S/C16H24Cl2N2O2/c1-5-16(6-2,15(21)22)10-19-9-12-13(18)7-11(17)8-14(12)20(3)4/h7-8,19H,5-6,9-10H2,1-4H3,(H,21,22). The molecule has 2 N–H and O–H groups in total. The van der Waals surface area contributed by atoms with Gasteiger partial charge in [0.1, 0.15) is 0 Å². The quantitative estimate of drug-likeness (QED) is 0.745. The fraction of sp³-hybridized carbons (Fsp3) is 0.562. The molecule has 0 heterocycles. The first-order chi connectivity index (χ1) is 10.3. The molecule has 0 aliphatic heterocycles. The topological polar surface area (TPSA) is 52.6 Å². The molecule has 0 saturated heterocycles. The van der Waals surface area contributed by atoms with Gasteiger partial charge >= 0.3 is 5.97 Å². The molecule has 0 spiro atoms. The molecule has 0 saturated carbocycles. The largest absolute Gasteiger partial charge is 0.481 e. The SMILES string of the molecule is CCC(CC)(CNCc1c(Cl)cc(Cl)cc1N(C)C)C(=O)O. The van der Waals surface area contributed by atoms with Crippen molar-refractivity contribution in [3.63, 3.8) is 0 Å². The van der Waals surface area contributed by atoms with Crippen LogP contribution in [0.1, 0.15) is 32.3 Å². The van der Waals surface area contributed by atoms with Gasteiger partial charge in [-0.1, -0.05) is 37.0 Å². The number of hydrogen-bond acceptors (Lipinski definition) is 3. The number of carbonyl (C=O) groups is 1. The Bertz CT molecular complexity index is 529. The molecular formula is C16H24Cl2N2O2. The van der Waals surface area contributed by atoms with Crippen molar-refractivity contribution >= 4 is 34.9 Å². The van der Waals surface area contributed by atoms with Gasteiger partial charge in [0.05, 0.1) is 5.41 Å². The number of hydrogen-bond donors (Lipinski definition) is 2. The van der Waals surface area contributed by atoms with Crippen molar-refractivity contribution in [2.24, 2.45) is 5.41 Å². The summed E-state index contributed by atoms with van der Waals surface area (Å²) in [5.41, 5.74) is 1.11. The Hall–Kier alpha value is -0.970. The van der Waals surface area contributed by atoms with Crippen molar-refractivity contribution in [2.75, 3.05) is 25.5 Å². The van der Waals surface area contributed by atoms with Gasteiger partial charge in [0.2, 0.25) is 0 Å². The summed E-state index contributed by atoms with van der Waals surface area (Å²) in [6.07, 6.45) is 1.17. The number of benzene rings is 1. The van der Waals surface area contributed by atoms with E-state index < -0.39 is 11.4 Å². The molecule has 0 unspecified atom stereocenters. The number of aliphatic carboxylic acids is 1. The lowest BCUT2D eigenvalue weighted by molar-refractivity contribution is -0.149. The van der Waals surface area contributed by atoms with Crippen LogP contribution in [0.3, 0.4) is 0 Å². The summed E-state index contributed by atoms with van der Waals surface area (Å²) in [6, 6.07) is 3.56. The second-order valence-electron chi connectivity index (χ2n) is 5.68. The minimum atomic E-state index is -0.764. The second kappa shape index (κ2) is 8.04. The minimum absolute atomic E-state index is 0.404. The number of rotatable bonds is 8. The van der Waals surface area contributed by atoms with Gasteiger partial charge in [-0.05, 0) is 25.0 Å². The summed E-state index contributed by atoms with van der Waals surface area (Å²) in [7, 11) is 3.84. The Kier molecular flexibility index (Phi) is 6.98. The average molecular weight is 347 g/mol. The summed E-state index contributed by atoms with van der Waals surface area (Å²) in [6.45, 7) is 4.71. The van der Waals surface area contributed by atoms with E-state index >= 15 is 0 Å². The van der Waals surface area contributed by atoms with Crippen LogP contribution in [0, 0.1) is 5.41 Å². The van der Waals surface area contributed by atoms with Gasteiger partial charge in [-0.2, -0.15) is 0 Å². The molecule has 1 aromatic rings. The molecule has 0 atom stereocenters. The second-order valence-corrected chi connectivity index (χ2v) is 6.52. The molecule has 1 rings (SSSR count). The van der Waals surface area contributed by atoms with Crippen molar-refractivity contribution in [3.05, 3.63) is 27.7 Å². The maximum Gasteiger partial charge on any atom is 0.310 e.